The van der Waals surface area contributed by atoms with Gasteiger partial charge in [-0.05, 0) is 17.7 Å². The van der Waals surface area contributed by atoms with Crippen molar-refractivity contribution in [2.75, 3.05) is 0 Å². The average molecular weight is 313 g/mol. The molecule has 94 valence electrons. The molecule has 0 saturated carbocycles. The Bertz CT molecular complexity index is 560. The van der Waals surface area contributed by atoms with E-state index in [0.717, 1.165) is 16.1 Å². The van der Waals surface area contributed by atoms with E-state index in [9.17, 15) is 8.78 Å². The maximum Gasteiger partial charge on any atom is 0.131 e. The van der Waals surface area contributed by atoms with Crippen molar-refractivity contribution in [3.05, 3.63) is 69.7 Å². The molecule has 0 bridgehead atoms. The lowest BCUT2D eigenvalue weighted by Crippen LogP contribution is -2.29. The molecule has 2 nitrogen and oxygen atoms in total. The van der Waals surface area contributed by atoms with E-state index < -0.39 is 17.7 Å². The largest absolute Gasteiger partial charge is 0.271 e. The first kappa shape index (κ1) is 13.1. The molecule has 0 aliphatic heterocycles. The summed E-state index contributed by atoms with van der Waals surface area (Å²) >= 11 is 3.38. The summed E-state index contributed by atoms with van der Waals surface area (Å²) in [7, 11) is 0. The molecule has 0 fully saturated rings. The van der Waals surface area contributed by atoms with Crippen molar-refractivity contribution in [2.24, 2.45) is 5.84 Å². The van der Waals surface area contributed by atoms with Gasteiger partial charge in [-0.3, -0.25) is 5.84 Å². The molecule has 2 aromatic rings. The molecule has 0 heterocycles. The van der Waals surface area contributed by atoms with E-state index in [0.29, 0.717) is 5.56 Å². The smallest absolute Gasteiger partial charge is 0.131 e. The number of hydrogen-bond acceptors (Lipinski definition) is 2. The molecule has 0 aromatic heterocycles. The summed E-state index contributed by atoms with van der Waals surface area (Å²) in [4.78, 5) is 0. The Balaban J connectivity index is 2.49. The first-order chi connectivity index (χ1) is 8.63. The molecular formula is C13H11BrF2N2. The number of hydrogen-bond donors (Lipinski definition) is 2. The van der Waals surface area contributed by atoms with Gasteiger partial charge in [-0.25, -0.2) is 14.2 Å². The molecule has 2 rings (SSSR count). The lowest BCUT2D eigenvalue weighted by molar-refractivity contribution is 0.541. The minimum atomic E-state index is -0.631. The van der Waals surface area contributed by atoms with Crippen molar-refractivity contribution in [3.8, 4) is 0 Å². The number of nitrogens with one attached hydrogen (secondary N) is 1. The third-order valence-corrected chi connectivity index (χ3v) is 3.38. The van der Waals surface area contributed by atoms with Gasteiger partial charge in [0, 0.05) is 16.1 Å². The van der Waals surface area contributed by atoms with Gasteiger partial charge in [-0.15, -0.1) is 0 Å². The Labute approximate surface area is 112 Å². The van der Waals surface area contributed by atoms with Gasteiger partial charge in [0.25, 0.3) is 0 Å². The summed E-state index contributed by atoms with van der Waals surface area (Å²) in [6.45, 7) is 0. The highest BCUT2D eigenvalue weighted by Crippen LogP contribution is 2.29. The van der Waals surface area contributed by atoms with Gasteiger partial charge in [0.1, 0.15) is 11.6 Å². The van der Waals surface area contributed by atoms with Gasteiger partial charge in [0.2, 0.25) is 0 Å². The van der Waals surface area contributed by atoms with Crippen LogP contribution in [0, 0.1) is 11.6 Å². The van der Waals surface area contributed by atoms with Crippen molar-refractivity contribution in [1.82, 2.24) is 5.43 Å². The second-order valence-corrected chi connectivity index (χ2v) is 4.64. The Morgan fingerprint density at radius 3 is 2.39 bits per heavy atom. The summed E-state index contributed by atoms with van der Waals surface area (Å²) in [6.07, 6.45) is 0. The van der Waals surface area contributed by atoms with E-state index in [1.54, 1.807) is 0 Å². The van der Waals surface area contributed by atoms with Crippen LogP contribution in [0.2, 0.25) is 0 Å². The fraction of sp³-hybridized carbons (Fsp3) is 0.0769. The van der Waals surface area contributed by atoms with Crippen LogP contribution >= 0.6 is 15.9 Å². The van der Waals surface area contributed by atoms with Crippen LogP contribution in [0.1, 0.15) is 17.2 Å². The van der Waals surface area contributed by atoms with Gasteiger partial charge in [-0.1, -0.05) is 40.2 Å². The lowest BCUT2D eigenvalue weighted by atomic mass is 9.99. The van der Waals surface area contributed by atoms with Gasteiger partial charge in [0.15, 0.2) is 0 Å². The summed E-state index contributed by atoms with van der Waals surface area (Å²) in [5, 5.41) is 0. The molecule has 2 aromatic carbocycles. The zero-order valence-corrected chi connectivity index (χ0v) is 10.9. The number of hydrazine groups is 1. The quantitative estimate of drug-likeness (QED) is 0.674. The highest BCUT2D eigenvalue weighted by molar-refractivity contribution is 9.10. The number of benzene rings is 2. The number of rotatable bonds is 3. The molecule has 18 heavy (non-hydrogen) atoms. The second-order valence-electron chi connectivity index (χ2n) is 3.79. The highest BCUT2D eigenvalue weighted by Gasteiger charge is 2.18. The fourth-order valence-corrected chi connectivity index (χ4v) is 2.31. The minimum Gasteiger partial charge on any atom is -0.271 e. The predicted molar refractivity (Wildman–Crippen MR) is 69.7 cm³/mol. The third-order valence-electron chi connectivity index (χ3n) is 2.66. The summed E-state index contributed by atoms with van der Waals surface area (Å²) in [5.74, 6) is 4.24. The minimum absolute atomic E-state index is 0.297. The molecule has 0 aliphatic carbocycles. The van der Waals surface area contributed by atoms with E-state index in [4.69, 9.17) is 5.84 Å². The number of nitrogens with two attached hydrogens (primary N) is 1. The first-order valence-corrected chi connectivity index (χ1v) is 6.08. The van der Waals surface area contributed by atoms with Gasteiger partial charge in [-0.2, -0.15) is 0 Å². The molecule has 0 spiro atoms. The standard InChI is InChI=1S/C13H11BrF2N2/c14-11-4-2-1-3-9(11)13(18-17)10-6-5-8(15)7-12(10)16/h1-7,13,18H,17H2. The molecular weight excluding hydrogens is 302 g/mol. The van der Waals surface area contributed by atoms with Crippen LogP contribution in [0.5, 0.6) is 0 Å². The fourth-order valence-electron chi connectivity index (χ4n) is 1.79. The van der Waals surface area contributed by atoms with Crippen molar-refractivity contribution in [1.29, 1.82) is 0 Å². The molecule has 0 amide bonds. The Hall–Kier alpha value is -1.30. The van der Waals surface area contributed by atoms with Crippen molar-refractivity contribution in [2.45, 2.75) is 6.04 Å². The van der Waals surface area contributed by atoms with Crippen LogP contribution in [-0.4, -0.2) is 0 Å². The molecule has 0 radical (unpaired) electrons. The Morgan fingerprint density at radius 2 is 1.78 bits per heavy atom. The molecule has 0 aliphatic rings. The second kappa shape index (κ2) is 5.56. The van der Waals surface area contributed by atoms with Crippen LogP contribution in [-0.2, 0) is 0 Å². The van der Waals surface area contributed by atoms with E-state index in [1.807, 2.05) is 24.3 Å². The van der Waals surface area contributed by atoms with Crippen molar-refractivity contribution >= 4 is 15.9 Å². The number of halogens is 3. The van der Waals surface area contributed by atoms with E-state index >= 15 is 0 Å². The normalized spacial score (nSPS) is 12.4. The zero-order valence-electron chi connectivity index (χ0n) is 9.33. The maximum absolute atomic E-state index is 13.8. The van der Waals surface area contributed by atoms with Gasteiger partial charge in [0.05, 0.1) is 6.04 Å². The molecule has 5 heteroatoms. The maximum atomic E-state index is 13.8. The average Bonchev–Trinajstić information content (AvgIpc) is 2.34. The Morgan fingerprint density at radius 1 is 1.06 bits per heavy atom. The SMILES string of the molecule is NNC(c1ccc(F)cc1F)c1ccccc1Br. The molecule has 0 saturated heterocycles. The van der Waals surface area contributed by atoms with Crippen molar-refractivity contribution < 1.29 is 8.78 Å². The lowest BCUT2D eigenvalue weighted by Gasteiger charge is -2.18. The van der Waals surface area contributed by atoms with Gasteiger partial charge >= 0.3 is 0 Å². The van der Waals surface area contributed by atoms with E-state index in [1.165, 1.54) is 12.1 Å². The first-order valence-electron chi connectivity index (χ1n) is 5.29. The van der Waals surface area contributed by atoms with Crippen LogP contribution in [0.15, 0.2) is 46.9 Å². The van der Waals surface area contributed by atoms with Crippen LogP contribution in [0.3, 0.4) is 0 Å². The summed E-state index contributed by atoms with van der Waals surface area (Å²) < 4.78 is 27.5. The monoisotopic (exact) mass is 312 g/mol. The van der Waals surface area contributed by atoms with Crippen LogP contribution < -0.4 is 11.3 Å². The summed E-state index contributed by atoms with van der Waals surface area (Å²) in [6, 6.07) is 10.2. The van der Waals surface area contributed by atoms with E-state index in [2.05, 4.69) is 21.4 Å². The molecule has 3 N–H and O–H groups in total. The van der Waals surface area contributed by atoms with Crippen LogP contribution in [0.25, 0.3) is 0 Å². The highest BCUT2D eigenvalue weighted by atomic mass is 79.9. The Kier molecular flexibility index (Phi) is 4.06. The zero-order chi connectivity index (χ0) is 13.1. The van der Waals surface area contributed by atoms with Crippen LogP contribution in [0.4, 0.5) is 8.78 Å². The topological polar surface area (TPSA) is 38.0 Å². The van der Waals surface area contributed by atoms with Crippen molar-refractivity contribution in [3.63, 3.8) is 0 Å². The molecule has 1 atom stereocenters. The molecule has 1 unspecified atom stereocenters. The summed E-state index contributed by atoms with van der Waals surface area (Å²) in [5.41, 5.74) is 3.62. The van der Waals surface area contributed by atoms with E-state index in [-0.39, 0.29) is 0 Å². The third kappa shape index (κ3) is 2.58. The van der Waals surface area contributed by atoms with Gasteiger partial charge < -0.3 is 0 Å². The predicted octanol–water partition coefficient (Wildman–Crippen LogP) is 3.28.